The summed E-state index contributed by atoms with van der Waals surface area (Å²) in [6, 6.07) is 18.9. The molecule has 0 radical (unpaired) electrons. The first-order valence-corrected chi connectivity index (χ1v) is 16.2. The smallest absolute Gasteiger partial charge is 0.337 e. The van der Waals surface area contributed by atoms with E-state index in [0.717, 1.165) is 34.4 Å². The van der Waals surface area contributed by atoms with Crippen molar-refractivity contribution in [3.63, 3.8) is 0 Å². The summed E-state index contributed by atoms with van der Waals surface area (Å²) in [7, 11) is 6.41. The Morgan fingerprint density at radius 3 is 2.39 bits per heavy atom. The number of imidazole rings is 1. The number of fused-ring (bicyclic) bond motifs is 2. The average Bonchev–Trinajstić information content (AvgIpc) is 3.49. The van der Waals surface area contributed by atoms with Crippen molar-refractivity contribution in [2.45, 2.75) is 44.3 Å². The molecule has 4 heterocycles. The number of nitrogens with zero attached hydrogens (tertiary/aromatic N) is 6. The second kappa shape index (κ2) is 12.5. The van der Waals surface area contributed by atoms with E-state index in [-0.39, 0.29) is 28.7 Å². The summed E-state index contributed by atoms with van der Waals surface area (Å²) < 4.78 is 32.9. The molecule has 0 spiro atoms. The van der Waals surface area contributed by atoms with Gasteiger partial charge in [-0.2, -0.15) is 0 Å². The molecular formula is C37H36F2N7O3+. The van der Waals surface area contributed by atoms with Gasteiger partial charge in [0.25, 0.3) is 11.5 Å². The summed E-state index contributed by atoms with van der Waals surface area (Å²) in [4.78, 5) is 49.5. The zero-order valence-electron chi connectivity index (χ0n) is 27.4. The summed E-state index contributed by atoms with van der Waals surface area (Å²) >= 11 is 0. The van der Waals surface area contributed by atoms with Gasteiger partial charge in [-0.25, -0.2) is 28.1 Å². The first kappa shape index (κ1) is 32.1. The number of hydrogen-bond donors (Lipinski definition) is 1. The predicted molar refractivity (Wildman–Crippen MR) is 183 cm³/mol. The molecule has 4 aromatic heterocycles. The molecule has 250 valence electrons. The molecule has 1 aliphatic rings. The Kier molecular flexibility index (Phi) is 8.19. The van der Waals surface area contributed by atoms with Crippen LogP contribution in [0.2, 0.25) is 0 Å². The summed E-state index contributed by atoms with van der Waals surface area (Å²) in [5.41, 5.74) is 3.09. The lowest BCUT2D eigenvalue weighted by molar-refractivity contribution is -0.884. The first-order valence-electron chi connectivity index (χ1n) is 16.2. The van der Waals surface area contributed by atoms with Crippen LogP contribution in [0.4, 0.5) is 8.78 Å². The molecule has 10 nitrogen and oxygen atoms in total. The van der Waals surface area contributed by atoms with E-state index < -0.39 is 28.9 Å². The highest BCUT2D eigenvalue weighted by Gasteiger charge is 2.28. The Bertz CT molecular complexity index is 2330. The molecule has 1 fully saturated rings. The van der Waals surface area contributed by atoms with Crippen molar-refractivity contribution in [2.75, 3.05) is 21.1 Å². The SMILES string of the molecule is C[N+](C)(C)Cc1ccc(-c2cccc(-n3c(=O)n(C4CCC(NC(=O)c5cn6cc(F)ccc6n5)CC4)c(=O)c4cc(F)cnc43)c2)cc1. The van der Waals surface area contributed by atoms with Crippen LogP contribution in [0, 0.1) is 11.6 Å². The van der Waals surface area contributed by atoms with Gasteiger partial charge in [0.05, 0.1) is 38.4 Å². The van der Waals surface area contributed by atoms with Crippen molar-refractivity contribution in [3.05, 3.63) is 129 Å². The minimum atomic E-state index is -0.676. The Hall–Kier alpha value is -5.49. The molecule has 6 aromatic rings. The highest BCUT2D eigenvalue weighted by atomic mass is 19.1. The minimum Gasteiger partial charge on any atom is -0.348 e. The number of rotatable bonds is 7. The molecule has 0 aliphatic heterocycles. The van der Waals surface area contributed by atoms with Crippen LogP contribution in [0.3, 0.4) is 0 Å². The Labute approximate surface area is 280 Å². The second-order valence-corrected chi connectivity index (χ2v) is 13.7. The number of aromatic nitrogens is 5. The van der Waals surface area contributed by atoms with Gasteiger partial charge in [0, 0.05) is 30.0 Å². The van der Waals surface area contributed by atoms with E-state index >= 15 is 0 Å². The zero-order valence-corrected chi connectivity index (χ0v) is 27.4. The maximum absolute atomic E-state index is 14.5. The van der Waals surface area contributed by atoms with Crippen molar-refractivity contribution in [2.24, 2.45) is 0 Å². The maximum atomic E-state index is 14.5. The number of quaternary nitrogens is 1. The molecule has 1 amide bonds. The van der Waals surface area contributed by atoms with Gasteiger partial charge >= 0.3 is 5.69 Å². The standard InChI is InChI=1S/C37H35F2N7O3/c1-46(2,3)22-23-7-9-24(10-8-23)25-5-4-6-30(17-25)44-34-31(18-27(39)19-40-34)36(48)45(37(44)49)29-14-12-28(13-15-29)41-35(47)32-21-43-20-26(38)11-16-33(43)42-32/h4-11,16-21,28-29H,12-15,22H2,1-3H3/p+1. The van der Waals surface area contributed by atoms with Gasteiger partial charge in [-0.3, -0.25) is 14.2 Å². The quantitative estimate of drug-likeness (QED) is 0.235. The third kappa shape index (κ3) is 6.51. The van der Waals surface area contributed by atoms with E-state index in [9.17, 15) is 23.2 Å². The summed E-state index contributed by atoms with van der Waals surface area (Å²) in [6.07, 6.45) is 5.61. The predicted octanol–water partition coefficient (Wildman–Crippen LogP) is 5.26. The topological polar surface area (TPSA) is 103 Å². The van der Waals surface area contributed by atoms with Crippen molar-refractivity contribution < 1.29 is 18.1 Å². The molecule has 0 saturated heterocycles. The summed E-state index contributed by atoms with van der Waals surface area (Å²) in [5.74, 6) is -1.50. The molecule has 1 saturated carbocycles. The molecule has 1 aliphatic carbocycles. The fourth-order valence-corrected chi connectivity index (χ4v) is 6.72. The fourth-order valence-electron chi connectivity index (χ4n) is 6.72. The van der Waals surface area contributed by atoms with Crippen LogP contribution < -0.4 is 16.6 Å². The van der Waals surface area contributed by atoms with Crippen molar-refractivity contribution in [1.29, 1.82) is 0 Å². The third-order valence-corrected chi connectivity index (χ3v) is 8.98. The van der Waals surface area contributed by atoms with Gasteiger partial charge in [0.1, 0.15) is 29.5 Å². The molecule has 0 atom stereocenters. The van der Waals surface area contributed by atoms with E-state index in [2.05, 4.69) is 48.6 Å². The lowest BCUT2D eigenvalue weighted by Gasteiger charge is -2.30. The van der Waals surface area contributed by atoms with E-state index in [4.69, 9.17) is 0 Å². The molecule has 49 heavy (non-hydrogen) atoms. The number of nitrogens with one attached hydrogen (secondary N) is 1. The van der Waals surface area contributed by atoms with Crippen LogP contribution in [0.5, 0.6) is 0 Å². The molecule has 1 N–H and O–H groups in total. The molecule has 12 heteroatoms. The number of halogens is 2. The number of carbonyl (C=O) groups is 1. The monoisotopic (exact) mass is 664 g/mol. The van der Waals surface area contributed by atoms with Crippen LogP contribution in [0.25, 0.3) is 33.5 Å². The first-order chi connectivity index (χ1) is 23.4. The maximum Gasteiger partial charge on any atom is 0.337 e. The van der Waals surface area contributed by atoms with Crippen molar-refractivity contribution in [1.82, 2.24) is 28.8 Å². The molecule has 0 unspecified atom stereocenters. The highest BCUT2D eigenvalue weighted by Crippen LogP contribution is 2.29. The van der Waals surface area contributed by atoms with Crippen LogP contribution in [-0.2, 0) is 6.54 Å². The van der Waals surface area contributed by atoms with Crippen molar-refractivity contribution in [3.8, 4) is 16.8 Å². The van der Waals surface area contributed by atoms with Crippen LogP contribution in [0.15, 0.2) is 94.9 Å². The number of amides is 1. The van der Waals surface area contributed by atoms with Crippen LogP contribution >= 0.6 is 0 Å². The van der Waals surface area contributed by atoms with Gasteiger partial charge in [-0.1, -0.05) is 36.4 Å². The molecule has 2 aromatic carbocycles. The lowest BCUT2D eigenvalue weighted by atomic mass is 9.90. The van der Waals surface area contributed by atoms with Gasteiger partial charge in [0.2, 0.25) is 0 Å². The van der Waals surface area contributed by atoms with Crippen LogP contribution in [0.1, 0.15) is 47.8 Å². The number of hydrogen-bond acceptors (Lipinski definition) is 5. The van der Waals surface area contributed by atoms with E-state index in [0.29, 0.717) is 37.0 Å². The molecular weight excluding hydrogens is 628 g/mol. The Balaban J connectivity index is 1.17. The van der Waals surface area contributed by atoms with Gasteiger partial charge < -0.3 is 14.2 Å². The van der Waals surface area contributed by atoms with Gasteiger partial charge in [-0.15, -0.1) is 0 Å². The minimum absolute atomic E-state index is 0.00775. The van der Waals surface area contributed by atoms with E-state index in [1.54, 1.807) is 6.07 Å². The van der Waals surface area contributed by atoms with Crippen molar-refractivity contribution >= 4 is 22.6 Å². The molecule has 7 rings (SSSR count). The number of benzene rings is 2. The zero-order chi connectivity index (χ0) is 34.4. The van der Waals surface area contributed by atoms with Crippen LogP contribution in [-0.4, -0.2) is 61.1 Å². The molecule has 0 bridgehead atoms. The van der Waals surface area contributed by atoms with E-state index in [1.807, 2.05) is 30.3 Å². The number of carbonyl (C=O) groups excluding carboxylic acids is 1. The lowest BCUT2D eigenvalue weighted by Crippen LogP contribution is -2.45. The Morgan fingerprint density at radius 2 is 1.65 bits per heavy atom. The van der Waals surface area contributed by atoms with Gasteiger partial charge in [-0.05, 0) is 67.1 Å². The summed E-state index contributed by atoms with van der Waals surface area (Å²) in [6.45, 7) is 0.879. The second-order valence-electron chi connectivity index (χ2n) is 13.7. The van der Waals surface area contributed by atoms with E-state index in [1.165, 1.54) is 43.6 Å². The summed E-state index contributed by atoms with van der Waals surface area (Å²) in [5, 5.41) is 2.99. The largest absolute Gasteiger partial charge is 0.348 e. The number of pyridine rings is 2. The highest BCUT2D eigenvalue weighted by molar-refractivity contribution is 5.93. The fraction of sp³-hybridized carbons (Fsp3) is 0.270. The normalized spacial score (nSPS) is 16.7. The third-order valence-electron chi connectivity index (χ3n) is 8.98. The average molecular weight is 665 g/mol. The Morgan fingerprint density at radius 1 is 0.898 bits per heavy atom. The van der Waals surface area contributed by atoms with Gasteiger partial charge in [0.15, 0.2) is 5.65 Å².